The largest absolute Gasteiger partial charge is 0.247 e. The molecular formula is C55H37N3. The molecule has 0 unspecified atom stereocenters. The number of hydrogen-bond acceptors (Lipinski definition) is 3. The van der Waals surface area contributed by atoms with Gasteiger partial charge in [-0.2, -0.15) is 0 Å². The molecule has 11 rings (SSSR count). The Morgan fingerprint density at radius 3 is 1.38 bits per heavy atom. The molecule has 0 fully saturated rings. The minimum absolute atomic E-state index is 0.755. The van der Waals surface area contributed by atoms with E-state index in [9.17, 15) is 0 Å². The Labute approximate surface area is 337 Å². The number of pyridine rings is 1. The zero-order chi connectivity index (χ0) is 38.4. The van der Waals surface area contributed by atoms with Gasteiger partial charge < -0.3 is 0 Å². The molecule has 2 heterocycles. The summed E-state index contributed by atoms with van der Waals surface area (Å²) in [7, 11) is 0. The standard InChI is InChI=1S/C55H37N3/c1-3-13-36(14-4-1)37-23-29-40(30-24-37)50-35-51(58-55(57-50)43-15-5-2-6-16-43)41-31-25-38(26-32-41)39-27-33-42(34-28-39)54-53-47-20-10-8-18-45(47)44-17-7-9-19-46(44)52(53)48-21-11-12-22-49(48)56-54/h1,3-5,7-35H,2,6H2. The quantitative estimate of drug-likeness (QED) is 0.159. The lowest BCUT2D eigenvalue weighted by atomic mass is 9.89. The highest BCUT2D eigenvalue weighted by atomic mass is 14.9. The summed E-state index contributed by atoms with van der Waals surface area (Å²) in [6.45, 7) is 0. The summed E-state index contributed by atoms with van der Waals surface area (Å²) in [5, 5.41) is 8.61. The molecule has 0 amide bonds. The number of para-hydroxylation sites is 1. The van der Waals surface area contributed by atoms with Crippen molar-refractivity contribution in [1.82, 2.24) is 15.0 Å². The third-order valence-electron chi connectivity index (χ3n) is 11.5. The van der Waals surface area contributed by atoms with Crippen molar-refractivity contribution in [3.8, 4) is 56.0 Å². The summed E-state index contributed by atoms with van der Waals surface area (Å²) < 4.78 is 0. The first-order chi connectivity index (χ1) is 28.7. The molecule has 0 radical (unpaired) electrons. The maximum Gasteiger partial charge on any atom is 0.160 e. The van der Waals surface area contributed by atoms with Gasteiger partial charge in [0.1, 0.15) is 0 Å². The van der Waals surface area contributed by atoms with E-state index in [2.05, 4.69) is 194 Å². The monoisotopic (exact) mass is 739 g/mol. The minimum Gasteiger partial charge on any atom is -0.247 e. The van der Waals surface area contributed by atoms with Gasteiger partial charge in [0.2, 0.25) is 0 Å². The fourth-order valence-corrected chi connectivity index (χ4v) is 8.60. The van der Waals surface area contributed by atoms with Crippen molar-refractivity contribution in [1.29, 1.82) is 0 Å². The highest BCUT2D eigenvalue weighted by Gasteiger charge is 2.18. The van der Waals surface area contributed by atoms with E-state index in [0.29, 0.717) is 0 Å². The lowest BCUT2D eigenvalue weighted by Crippen LogP contribution is -1.99. The molecule has 0 saturated heterocycles. The van der Waals surface area contributed by atoms with E-state index in [1.807, 2.05) is 6.07 Å². The molecule has 0 aliphatic heterocycles. The van der Waals surface area contributed by atoms with Crippen molar-refractivity contribution in [3.05, 3.63) is 206 Å². The second kappa shape index (κ2) is 14.2. The molecule has 0 N–H and O–H groups in total. The summed E-state index contributed by atoms with van der Waals surface area (Å²) in [5.41, 5.74) is 12.8. The second-order valence-electron chi connectivity index (χ2n) is 15.0. The van der Waals surface area contributed by atoms with Crippen LogP contribution in [0.3, 0.4) is 0 Å². The summed E-state index contributed by atoms with van der Waals surface area (Å²) in [6.07, 6.45) is 8.65. The van der Waals surface area contributed by atoms with Gasteiger partial charge in [-0.3, -0.25) is 0 Å². The fourth-order valence-electron chi connectivity index (χ4n) is 8.60. The Balaban J connectivity index is 0.964. The Morgan fingerprint density at radius 1 is 0.345 bits per heavy atom. The Bertz CT molecular complexity index is 3230. The Kier molecular flexibility index (Phi) is 8.29. The average Bonchev–Trinajstić information content (AvgIpc) is 3.32. The highest BCUT2D eigenvalue weighted by Crippen LogP contribution is 2.43. The molecular weight excluding hydrogens is 703 g/mol. The topological polar surface area (TPSA) is 38.7 Å². The molecule has 10 aromatic rings. The molecule has 3 heteroatoms. The van der Waals surface area contributed by atoms with E-state index in [-0.39, 0.29) is 0 Å². The first-order valence-electron chi connectivity index (χ1n) is 20.0. The predicted molar refractivity (Wildman–Crippen MR) is 243 cm³/mol. The third kappa shape index (κ3) is 5.96. The first-order valence-corrected chi connectivity index (χ1v) is 20.0. The average molecular weight is 740 g/mol. The molecule has 272 valence electrons. The minimum atomic E-state index is 0.755. The van der Waals surface area contributed by atoms with Gasteiger partial charge in [0.15, 0.2) is 5.82 Å². The molecule has 0 bridgehead atoms. The van der Waals surface area contributed by atoms with Crippen LogP contribution in [0.5, 0.6) is 0 Å². The van der Waals surface area contributed by atoms with Crippen LogP contribution in [0.2, 0.25) is 0 Å². The van der Waals surface area contributed by atoms with E-state index in [4.69, 9.17) is 15.0 Å². The Hall–Kier alpha value is -7.49. The van der Waals surface area contributed by atoms with Crippen molar-refractivity contribution < 1.29 is 0 Å². The van der Waals surface area contributed by atoms with Crippen molar-refractivity contribution in [2.24, 2.45) is 0 Å². The molecule has 8 aromatic carbocycles. The molecule has 58 heavy (non-hydrogen) atoms. The van der Waals surface area contributed by atoms with E-state index < -0.39 is 0 Å². The van der Waals surface area contributed by atoms with Crippen LogP contribution in [-0.4, -0.2) is 15.0 Å². The fraction of sp³-hybridized carbons (Fsp3) is 0.0364. The number of nitrogens with zero attached hydrogens (tertiary/aromatic N) is 3. The van der Waals surface area contributed by atoms with Gasteiger partial charge in [0.25, 0.3) is 0 Å². The van der Waals surface area contributed by atoms with Crippen LogP contribution in [0, 0.1) is 0 Å². The molecule has 1 aliphatic rings. The number of fused-ring (bicyclic) bond motifs is 8. The highest BCUT2D eigenvalue weighted by molar-refractivity contribution is 6.33. The Morgan fingerprint density at radius 2 is 0.810 bits per heavy atom. The van der Waals surface area contributed by atoms with Crippen molar-refractivity contribution >= 4 is 48.8 Å². The van der Waals surface area contributed by atoms with Crippen LogP contribution >= 0.6 is 0 Å². The first kappa shape index (κ1) is 33.8. The summed E-state index contributed by atoms with van der Waals surface area (Å²) in [6, 6.07) is 65.0. The number of allylic oxidation sites excluding steroid dienone is 4. The van der Waals surface area contributed by atoms with E-state index in [1.54, 1.807) is 0 Å². The zero-order valence-electron chi connectivity index (χ0n) is 31.8. The number of aromatic nitrogens is 3. The van der Waals surface area contributed by atoms with Crippen LogP contribution in [0.25, 0.3) is 105 Å². The summed E-state index contributed by atoms with van der Waals surface area (Å²) >= 11 is 0. The van der Waals surface area contributed by atoms with Crippen LogP contribution in [0.4, 0.5) is 0 Å². The summed E-state index contributed by atoms with van der Waals surface area (Å²) in [5.74, 6) is 0.755. The molecule has 0 atom stereocenters. The number of hydrogen-bond donors (Lipinski definition) is 0. The van der Waals surface area contributed by atoms with E-state index >= 15 is 0 Å². The molecule has 2 aromatic heterocycles. The van der Waals surface area contributed by atoms with E-state index in [0.717, 1.165) is 74.7 Å². The zero-order valence-corrected chi connectivity index (χ0v) is 31.8. The molecule has 0 saturated carbocycles. The summed E-state index contributed by atoms with van der Waals surface area (Å²) in [4.78, 5) is 15.5. The predicted octanol–water partition coefficient (Wildman–Crippen LogP) is 14.6. The van der Waals surface area contributed by atoms with Crippen molar-refractivity contribution in [2.75, 3.05) is 0 Å². The molecule has 3 nitrogen and oxygen atoms in total. The normalized spacial score (nSPS) is 12.7. The van der Waals surface area contributed by atoms with Crippen LogP contribution < -0.4 is 0 Å². The molecule has 0 spiro atoms. The van der Waals surface area contributed by atoms with Gasteiger partial charge in [-0.15, -0.1) is 0 Å². The van der Waals surface area contributed by atoms with Gasteiger partial charge in [0.05, 0.1) is 22.6 Å². The lowest BCUT2D eigenvalue weighted by Gasteiger charge is -2.16. The van der Waals surface area contributed by atoms with Gasteiger partial charge in [0, 0.05) is 38.4 Å². The van der Waals surface area contributed by atoms with Gasteiger partial charge in [-0.1, -0.05) is 188 Å². The van der Waals surface area contributed by atoms with Gasteiger partial charge in [-0.25, -0.2) is 15.0 Å². The van der Waals surface area contributed by atoms with E-state index in [1.165, 1.54) is 48.8 Å². The van der Waals surface area contributed by atoms with Gasteiger partial charge >= 0.3 is 0 Å². The van der Waals surface area contributed by atoms with Crippen LogP contribution in [-0.2, 0) is 0 Å². The van der Waals surface area contributed by atoms with Gasteiger partial charge in [-0.05, 0) is 68.8 Å². The lowest BCUT2D eigenvalue weighted by molar-refractivity contribution is 1.03. The van der Waals surface area contributed by atoms with Crippen molar-refractivity contribution in [2.45, 2.75) is 12.8 Å². The molecule has 1 aliphatic carbocycles. The SMILES string of the molecule is C1=CC(c2nc(-c3ccc(-c4ccccc4)cc3)cc(-c3ccc(-c4ccc(-c5nc6ccccc6c6c7ccccc7c7ccccc7c56)cc4)cc3)n2)=CCC1. The third-order valence-corrected chi connectivity index (χ3v) is 11.5. The smallest absolute Gasteiger partial charge is 0.160 e. The number of benzene rings is 8. The van der Waals surface area contributed by atoms with Crippen LogP contribution in [0.1, 0.15) is 18.7 Å². The van der Waals surface area contributed by atoms with Crippen molar-refractivity contribution in [3.63, 3.8) is 0 Å². The number of rotatable bonds is 6. The second-order valence-corrected chi connectivity index (χ2v) is 15.0. The maximum absolute atomic E-state index is 5.35. The maximum atomic E-state index is 5.35. The van der Waals surface area contributed by atoms with Crippen LogP contribution in [0.15, 0.2) is 200 Å².